The molecule has 2 atom stereocenters. The fraction of sp³-hybridized carbons (Fsp3) is 0.562. The van der Waals surface area contributed by atoms with Crippen LogP contribution in [0.3, 0.4) is 0 Å². The summed E-state index contributed by atoms with van der Waals surface area (Å²) in [6.07, 6.45) is 2.39. The quantitative estimate of drug-likeness (QED) is 0.848. The van der Waals surface area contributed by atoms with Gasteiger partial charge in [-0.25, -0.2) is 0 Å². The largest absolute Gasteiger partial charge is 0.351 e. The van der Waals surface area contributed by atoms with Crippen LogP contribution in [0.4, 0.5) is 0 Å². The lowest BCUT2D eigenvalue weighted by molar-refractivity contribution is -0.124. The molecule has 1 amide bonds. The molecule has 0 spiro atoms. The summed E-state index contributed by atoms with van der Waals surface area (Å²) in [6.45, 7) is 4.72. The van der Waals surface area contributed by atoms with Crippen molar-refractivity contribution in [1.82, 2.24) is 5.32 Å². The molecule has 2 rings (SSSR count). The molecule has 0 radical (unpaired) electrons. The third-order valence-electron chi connectivity index (χ3n) is 3.88. The summed E-state index contributed by atoms with van der Waals surface area (Å²) in [4.78, 5) is 12.5. The molecule has 3 N–H and O–H groups in total. The van der Waals surface area contributed by atoms with E-state index in [4.69, 9.17) is 5.73 Å². The highest BCUT2D eigenvalue weighted by Crippen LogP contribution is 2.33. The molecule has 0 bridgehead atoms. The Morgan fingerprint density at radius 2 is 1.90 bits per heavy atom. The standard InChI is InChI=1S/C16H24N2O.ClH/c1-11(2)15(13-6-4-3-5-7-13)16(19)18-14(10-17)12-8-9-12;/h3-7,11-12,14-15H,8-10,17H2,1-2H3,(H,18,19);1H. The van der Waals surface area contributed by atoms with Gasteiger partial charge >= 0.3 is 0 Å². The number of hydrogen-bond donors (Lipinski definition) is 2. The average molecular weight is 297 g/mol. The minimum atomic E-state index is -0.0889. The Balaban J connectivity index is 0.00000200. The SMILES string of the molecule is CC(C)C(C(=O)NC(CN)C1CC1)c1ccccc1.Cl. The molecule has 0 aromatic heterocycles. The molecule has 1 aliphatic carbocycles. The summed E-state index contributed by atoms with van der Waals surface area (Å²) in [5, 5.41) is 3.14. The molecule has 3 nitrogen and oxygen atoms in total. The molecule has 20 heavy (non-hydrogen) atoms. The van der Waals surface area contributed by atoms with E-state index >= 15 is 0 Å². The van der Waals surface area contributed by atoms with Gasteiger partial charge in [-0.15, -0.1) is 12.4 Å². The highest BCUT2D eigenvalue weighted by molar-refractivity contribution is 5.85. The molecule has 1 aromatic rings. The Bertz CT molecular complexity index is 418. The van der Waals surface area contributed by atoms with Crippen molar-refractivity contribution in [2.45, 2.75) is 38.6 Å². The van der Waals surface area contributed by atoms with Crippen molar-refractivity contribution in [3.05, 3.63) is 35.9 Å². The van der Waals surface area contributed by atoms with Gasteiger partial charge in [-0.3, -0.25) is 4.79 Å². The van der Waals surface area contributed by atoms with Gasteiger partial charge in [-0.05, 0) is 30.2 Å². The average Bonchev–Trinajstić information content (AvgIpc) is 3.21. The second-order valence-electron chi connectivity index (χ2n) is 5.82. The van der Waals surface area contributed by atoms with Crippen LogP contribution in [0.15, 0.2) is 30.3 Å². The van der Waals surface area contributed by atoms with E-state index in [2.05, 4.69) is 19.2 Å². The summed E-state index contributed by atoms with van der Waals surface area (Å²) in [6, 6.07) is 10.2. The normalized spacial score (nSPS) is 17.2. The van der Waals surface area contributed by atoms with Gasteiger partial charge in [0.2, 0.25) is 5.91 Å². The number of nitrogens with two attached hydrogens (primary N) is 1. The lowest BCUT2D eigenvalue weighted by Gasteiger charge is -2.24. The van der Waals surface area contributed by atoms with Crippen molar-refractivity contribution in [2.75, 3.05) is 6.54 Å². The third-order valence-corrected chi connectivity index (χ3v) is 3.88. The fourth-order valence-electron chi connectivity index (χ4n) is 2.64. The number of nitrogens with one attached hydrogen (secondary N) is 1. The number of amides is 1. The first-order valence-corrected chi connectivity index (χ1v) is 7.19. The van der Waals surface area contributed by atoms with Crippen molar-refractivity contribution in [2.24, 2.45) is 17.6 Å². The second kappa shape index (κ2) is 7.65. The van der Waals surface area contributed by atoms with Gasteiger partial charge in [-0.2, -0.15) is 0 Å². The van der Waals surface area contributed by atoms with Crippen molar-refractivity contribution >= 4 is 18.3 Å². The van der Waals surface area contributed by atoms with E-state index in [0.717, 1.165) is 5.56 Å². The monoisotopic (exact) mass is 296 g/mol. The van der Waals surface area contributed by atoms with E-state index in [-0.39, 0.29) is 36.2 Å². The molecule has 0 aliphatic heterocycles. The number of hydrogen-bond acceptors (Lipinski definition) is 2. The zero-order valence-electron chi connectivity index (χ0n) is 12.2. The molecule has 1 aliphatic rings. The van der Waals surface area contributed by atoms with Crippen molar-refractivity contribution in [1.29, 1.82) is 0 Å². The van der Waals surface area contributed by atoms with E-state index in [0.29, 0.717) is 12.5 Å². The summed E-state index contributed by atoms with van der Waals surface area (Å²) in [5.41, 5.74) is 6.85. The Kier molecular flexibility index (Phi) is 6.50. The molecular formula is C16H25ClN2O. The molecule has 1 aromatic carbocycles. The second-order valence-corrected chi connectivity index (χ2v) is 5.82. The Morgan fingerprint density at radius 3 is 2.35 bits per heavy atom. The number of halogens is 1. The van der Waals surface area contributed by atoms with Crippen LogP contribution >= 0.6 is 12.4 Å². The van der Waals surface area contributed by atoms with Gasteiger partial charge in [0.05, 0.1) is 5.92 Å². The van der Waals surface area contributed by atoms with Gasteiger partial charge in [0.1, 0.15) is 0 Å². The topological polar surface area (TPSA) is 55.1 Å². The van der Waals surface area contributed by atoms with Crippen LogP contribution in [0.1, 0.15) is 38.2 Å². The Morgan fingerprint density at radius 1 is 1.30 bits per heavy atom. The van der Waals surface area contributed by atoms with E-state index in [1.165, 1.54) is 12.8 Å². The minimum absolute atomic E-state index is 0. The highest BCUT2D eigenvalue weighted by Gasteiger charge is 2.33. The molecule has 4 heteroatoms. The summed E-state index contributed by atoms with van der Waals surface area (Å²) >= 11 is 0. The molecular weight excluding hydrogens is 272 g/mol. The molecule has 1 fully saturated rings. The zero-order chi connectivity index (χ0) is 13.8. The first-order chi connectivity index (χ1) is 9.13. The lowest BCUT2D eigenvalue weighted by atomic mass is 9.87. The van der Waals surface area contributed by atoms with Crippen LogP contribution < -0.4 is 11.1 Å². The van der Waals surface area contributed by atoms with Crippen LogP contribution in [0.2, 0.25) is 0 Å². The van der Waals surface area contributed by atoms with Crippen molar-refractivity contribution < 1.29 is 4.79 Å². The molecule has 2 unspecified atom stereocenters. The maximum Gasteiger partial charge on any atom is 0.228 e. The van der Waals surface area contributed by atoms with Gasteiger partial charge in [0, 0.05) is 12.6 Å². The number of carbonyl (C=O) groups is 1. The molecule has 0 heterocycles. The summed E-state index contributed by atoms with van der Waals surface area (Å²) in [7, 11) is 0. The molecule has 0 saturated heterocycles. The summed E-state index contributed by atoms with van der Waals surface area (Å²) < 4.78 is 0. The van der Waals surface area contributed by atoms with Crippen LogP contribution in [0.5, 0.6) is 0 Å². The van der Waals surface area contributed by atoms with E-state index in [1.54, 1.807) is 0 Å². The van der Waals surface area contributed by atoms with E-state index in [1.807, 2.05) is 30.3 Å². The predicted octanol–water partition coefficient (Wildman–Crippen LogP) is 2.70. The van der Waals surface area contributed by atoms with E-state index < -0.39 is 0 Å². The van der Waals surface area contributed by atoms with Gasteiger partial charge < -0.3 is 11.1 Å². The summed E-state index contributed by atoms with van der Waals surface area (Å²) in [5.74, 6) is 0.898. The van der Waals surface area contributed by atoms with Crippen molar-refractivity contribution in [3.63, 3.8) is 0 Å². The highest BCUT2D eigenvalue weighted by atomic mass is 35.5. The van der Waals surface area contributed by atoms with Crippen LogP contribution in [0, 0.1) is 11.8 Å². The zero-order valence-corrected chi connectivity index (χ0v) is 13.0. The number of rotatable bonds is 6. The Labute approximate surface area is 127 Å². The number of benzene rings is 1. The first kappa shape index (κ1) is 17.0. The Hall–Kier alpha value is -1.06. The maximum atomic E-state index is 12.5. The minimum Gasteiger partial charge on any atom is -0.351 e. The van der Waals surface area contributed by atoms with Gasteiger partial charge in [0.15, 0.2) is 0 Å². The predicted molar refractivity (Wildman–Crippen MR) is 85.0 cm³/mol. The molecule has 112 valence electrons. The number of carbonyl (C=O) groups excluding carboxylic acids is 1. The van der Waals surface area contributed by atoms with Gasteiger partial charge in [0.25, 0.3) is 0 Å². The van der Waals surface area contributed by atoms with Crippen molar-refractivity contribution in [3.8, 4) is 0 Å². The van der Waals surface area contributed by atoms with Crippen LogP contribution in [-0.4, -0.2) is 18.5 Å². The molecule has 1 saturated carbocycles. The maximum absolute atomic E-state index is 12.5. The smallest absolute Gasteiger partial charge is 0.228 e. The van der Waals surface area contributed by atoms with Crippen LogP contribution in [0.25, 0.3) is 0 Å². The van der Waals surface area contributed by atoms with Gasteiger partial charge in [-0.1, -0.05) is 44.2 Å². The third kappa shape index (κ3) is 4.22. The first-order valence-electron chi connectivity index (χ1n) is 7.19. The van der Waals surface area contributed by atoms with Crippen LogP contribution in [-0.2, 0) is 4.79 Å². The van der Waals surface area contributed by atoms with E-state index in [9.17, 15) is 4.79 Å². The fourth-order valence-corrected chi connectivity index (χ4v) is 2.64. The lowest BCUT2D eigenvalue weighted by Crippen LogP contribution is -2.44.